The quantitative estimate of drug-likeness (QED) is 0.662. The van der Waals surface area contributed by atoms with Crippen LogP contribution in [-0.4, -0.2) is 20.3 Å². The van der Waals surface area contributed by atoms with E-state index in [2.05, 4.69) is 0 Å². The van der Waals surface area contributed by atoms with Crippen LogP contribution in [0.15, 0.2) is 17.0 Å². The smallest absolute Gasteiger partial charge is 0.399 e. The van der Waals surface area contributed by atoms with E-state index in [1.54, 1.807) is 0 Å². The van der Waals surface area contributed by atoms with Crippen LogP contribution in [-0.2, 0) is 9.84 Å². The van der Waals surface area contributed by atoms with Crippen molar-refractivity contribution in [2.45, 2.75) is 11.1 Å². The van der Waals surface area contributed by atoms with Crippen molar-refractivity contribution in [3.63, 3.8) is 0 Å². The Hall–Kier alpha value is -1.38. The van der Waals surface area contributed by atoms with Gasteiger partial charge >= 0.3 is 6.18 Å². The third-order valence-electron chi connectivity index (χ3n) is 1.69. The van der Waals surface area contributed by atoms with Gasteiger partial charge in [0.1, 0.15) is 16.5 Å². The Balaban J connectivity index is 3.35. The van der Waals surface area contributed by atoms with E-state index < -0.39 is 44.0 Å². The lowest BCUT2D eigenvalue weighted by molar-refractivity contribution is -0.106. The lowest BCUT2D eigenvalue weighted by Crippen LogP contribution is -2.24. The third kappa shape index (κ3) is 3.29. The van der Waals surface area contributed by atoms with Gasteiger partial charge in [0, 0.05) is 5.69 Å². The van der Waals surface area contributed by atoms with Gasteiger partial charge in [-0.05, 0) is 12.1 Å². The number of sulfone groups is 1. The standard InChI is InChI=1S/C8H6F5NO2S/c9-5-1-4(14)2-6(10)7(5)17(15,16)3-8(11,12)13/h1-2H,3,14H2. The maximum absolute atomic E-state index is 13.1. The number of rotatable bonds is 2. The minimum absolute atomic E-state index is 0.425. The van der Waals surface area contributed by atoms with Gasteiger partial charge in [-0.3, -0.25) is 0 Å². The van der Waals surface area contributed by atoms with Gasteiger partial charge in [-0.15, -0.1) is 0 Å². The molecule has 0 saturated carbocycles. The van der Waals surface area contributed by atoms with Gasteiger partial charge in [0.15, 0.2) is 15.6 Å². The Morgan fingerprint density at radius 3 is 1.88 bits per heavy atom. The molecule has 1 aromatic carbocycles. The van der Waals surface area contributed by atoms with Crippen molar-refractivity contribution in [3.05, 3.63) is 23.8 Å². The third-order valence-corrected chi connectivity index (χ3v) is 3.40. The summed E-state index contributed by atoms with van der Waals surface area (Å²) < 4.78 is 84.3. The van der Waals surface area contributed by atoms with Crippen LogP contribution in [0.2, 0.25) is 0 Å². The maximum Gasteiger partial charge on any atom is 0.403 e. The van der Waals surface area contributed by atoms with Crippen molar-refractivity contribution in [3.8, 4) is 0 Å². The first-order chi connectivity index (χ1) is 7.53. The normalized spacial score (nSPS) is 12.8. The second-order valence-electron chi connectivity index (χ2n) is 3.19. The van der Waals surface area contributed by atoms with E-state index in [1.165, 1.54) is 0 Å². The molecule has 0 aliphatic carbocycles. The molecule has 0 amide bonds. The number of nitrogens with two attached hydrogens (primary N) is 1. The highest BCUT2D eigenvalue weighted by Crippen LogP contribution is 2.27. The van der Waals surface area contributed by atoms with Crippen LogP contribution in [0.1, 0.15) is 0 Å². The zero-order chi connectivity index (χ0) is 13.4. The average Bonchev–Trinajstić information content (AvgIpc) is 1.93. The molecule has 17 heavy (non-hydrogen) atoms. The molecule has 0 aliphatic heterocycles. The van der Waals surface area contributed by atoms with Gasteiger partial charge in [-0.1, -0.05) is 0 Å². The highest BCUT2D eigenvalue weighted by molar-refractivity contribution is 7.91. The summed E-state index contributed by atoms with van der Waals surface area (Å²) in [5.41, 5.74) is 4.58. The van der Waals surface area contributed by atoms with Crippen LogP contribution in [0, 0.1) is 11.6 Å². The first-order valence-corrected chi connectivity index (χ1v) is 5.72. The van der Waals surface area contributed by atoms with Gasteiger partial charge < -0.3 is 5.73 Å². The Morgan fingerprint density at radius 2 is 1.53 bits per heavy atom. The van der Waals surface area contributed by atoms with E-state index in [-0.39, 0.29) is 0 Å². The number of benzene rings is 1. The Kier molecular flexibility index (Phi) is 3.33. The molecule has 0 unspecified atom stereocenters. The predicted molar refractivity (Wildman–Crippen MR) is 48.9 cm³/mol. The lowest BCUT2D eigenvalue weighted by Gasteiger charge is -2.09. The number of hydrogen-bond donors (Lipinski definition) is 1. The molecule has 3 nitrogen and oxygen atoms in total. The molecular weight excluding hydrogens is 269 g/mol. The van der Waals surface area contributed by atoms with Gasteiger partial charge in [0.25, 0.3) is 0 Å². The van der Waals surface area contributed by atoms with Crippen LogP contribution < -0.4 is 5.73 Å². The Labute approximate surface area is 93.0 Å². The maximum atomic E-state index is 13.1. The van der Waals surface area contributed by atoms with E-state index in [4.69, 9.17) is 5.73 Å². The van der Waals surface area contributed by atoms with Crippen LogP contribution >= 0.6 is 0 Å². The number of anilines is 1. The molecule has 9 heteroatoms. The summed E-state index contributed by atoms with van der Waals surface area (Å²) in [7, 11) is -5.13. The van der Waals surface area contributed by atoms with Gasteiger partial charge in [0.2, 0.25) is 0 Å². The summed E-state index contributed by atoms with van der Waals surface area (Å²) in [5, 5.41) is 0. The first-order valence-electron chi connectivity index (χ1n) is 4.07. The molecule has 0 saturated heterocycles. The van der Waals surface area contributed by atoms with E-state index in [9.17, 15) is 30.4 Å². The fourth-order valence-corrected chi connectivity index (χ4v) is 2.45. The topological polar surface area (TPSA) is 60.2 Å². The molecule has 96 valence electrons. The molecule has 0 atom stereocenters. The van der Waals surface area contributed by atoms with Crippen molar-refractivity contribution < 1.29 is 30.4 Å². The van der Waals surface area contributed by atoms with Crippen molar-refractivity contribution in [2.24, 2.45) is 0 Å². The second kappa shape index (κ2) is 4.13. The summed E-state index contributed by atoms with van der Waals surface area (Å²) in [4.78, 5) is -1.62. The first kappa shape index (κ1) is 13.7. The minimum Gasteiger partial charge on any atom is -0.399 e. The van der Waals surface area contributed by atoms with Crippen molar-refractivity contribution >= 4 is 15.5 Å². The average molecular weight is 275 g/mol. The predicted octanol–water partition coefficient (Wildman–Crippen LogP) is 1.88. The zero-order valence-electron chi connectivity index (χ0n) is 8.05. The van der Waals surface area contributed by atoms with E-state index >= 15 is 0 Å². The number of alkyl halides is 3. The van der Waals surface area contributed by atoms with Gasteiger partial charge in [0.05, 0.1) is 0 Å². The highest BCUT2D eigenvalue weighted by atomic mass is 32.2. The molecule has 0 spiro atoms. The largest absolute Gasteiger partial charge is 0.403 e. The molecule has 0 aromatic heterocycles. The second-order valence-corrected chi connectivity index (χ2v) is 5.11. The zero-order valence-corrected chi connectivity index (χ0v) is 8.87. The van der Waals surface area contributed by atoms with E-state index in [0.717, 1.165) is 0 Å². The number of hydrogen-bond acceptors (Lipinski definition) is 3. The van der Waals surface area contributed by atoms with Crippen LogP contribution in [0.4, 0.5) is 27.6 Å². The van der Waals surface area contributed by atoms with Crippen LogP contribution in [0.3, 0.4) is 0 Å². The number of nitrogen functional groups attached to an aromatic ring is 1. The number of halogens is 5. The molecule has 0 radical (unpaired) electrons. The summed E-state index contributed by atoms with van der Waals surface area (Å²) in [6, 6.07) is 0.874. The Bertz CT molecular complexity index is 514. The molecule has 0 heterocycles. The summed E-state index contributed by atoms with van der Waals surface area (Å²) in [5.74, 6) is -5.63. The molecule has 0 aliphatic rings. The van der Waals surface area contributed by atoms with E-state index in [0.29, 0.717) is 12.1 Å². The summed E-state index contributed by atoms with van der Waals surface area (Å²) in [6.45, 7) is 0. The fourth-order valence-electron chi connectivity index (χ4n) is 1.16. The molecular formula is C8H6F5NO2S. The van der Waals surface area contributed by atoms with Crippen molar-refractivity contribution in [2.75, 3.05) is 11.5 Å². The molecule has 1 rings (SSSR count). The SMILES string of the molecule is Nc1cc(F)c(S(=O)(=O)CC(F)(F)F)c(F)c1. The van der Waals surface area contributed by atoms with Crippen LogP contribution in [0.5, 0.6) is 0 Å². The summed E-state index contributed by atoms with van der Waals surface area (Å²) >= 11 is 0. The van der Waals surface area contributed by atoms with Crippen molar-refractivity contribution in [1.82, 2.24) is 0 Å². The summed E-state index contributed by atoms with van der Waals surface area (Å²) in [6.07, 6.45) is -5.08. The van der Waals surface area contributed by atoms with Gasteiger partial charge in [-0.25, -0.2) is 17.2 Å². The fraction of sp³-hybridized carbons (Fsp3) is 0.250. The molecule has 0 bridgehead atoms. The monoisotopic (exact) mass is 275 g/mol. The van der Waals surface area contributed by atoms with Gasteiger partial charge in [-0.2, -0.15) is 13.2 Å². The minimum atomic E-state index is -5.13. The lowest BCUT2D eigenvalue weighted by atomic mass is 10.3. The highest BCUT2D eigenvalue weighted by Gasteiger charge is 2.38. The molecule has 1 aromatic rings. The molecule has 0 fully saturated rings. The van der Waals surface area contributed by atoms with Crippen molar-refractivity contribution in [1.29, 1.82) is 0 Å². The van der Waals surface area contributed by atoms with E-state index in [1.807, 2.05) is 0 Å². The van der Waals surface area contributed by atoms with Crippen LogP contribution in [0.25, 0.3) is 0 Å². The molecule has 2 N–H and O–H groups in total. The Morgan fingerprint density at radius 1 is 1.12 bits per heavy atom.